The number of pyridine rings is 1. The van der Waals surface area contributed by atoms with Crippen LogP contribution in [-0.4, -0.2) is 16.2 Å². The van der Waals surface area contributed by atoms with Gasteiger partial charge in [0.15, 0.2) is 0 Å². The molecule has 1 aromatic carbocycles. The number of anilines is 1. The van der Waals surface area contributed by atoms with Crippen LogP contribution in [0.2, 0.25) is 0 Å². The quantitative estimate of drug-likeness (QED) is 0.906. The third-order valence-electron chi connectivity index (χ3n) is 4.82. The molecule has 110 valence electrons. The molecule has 1 aliphatic carbocycles. The number of aromatic nitrogens is 1. The van der Waals surface area contributed by atoms with Crippen molar-refractivity contribution in [3.8, 4) is 0 Å². The van der Waals surface area contributed by atoms with Crippen LogP contribution >= 0.6 is 0 Å². The van der Waals surface area contributed by atoms with Crippen molar-refractivity contribution in [1.82, 2.24) is 4.98 Å². The Bertz CT molecular complexity index is 591. The van der Waals surface area contributed by atoms with E-state index >= 15 is 0 Å². The lowest BCUT2D eigenvalue weighted by molar-refractivity contribution is 0.0826. The van der Waals surface area contributed by atoms with Crippen molar-refractivity contribution < 1.29 is 5.11 Å². The van der Waals surface area contributed by atoms with E-state index in [2.05, 4.69) is 29.2 Å². The Balaban J connectivity index is 1.90. The summed E-state index contributed by atoms with van der Waals surface area (Å²) in [5.74, 6) is 0.526. The molecular formula is C18H22N2O. The lowest BCUT2D eigenvalue weighted by Crippen LogP contribution is -2.38. The minimum absolute atomic E-state index is 0.135. The molecule has 0 aliphatic heterocycles. The SMILES string of the molecule is Nc1ncccc1CC(O)C1(c2ccccc2)CCCC1. The largest absolute Gasteiger partial charge is 0.392 e. The van der Waals surface area contributed by atoms with Crippen molar-refractivity contribution in [2.45, 2.75) is 43.6 Å². The fourth-order valence-electron chi connectivity index (χ4n) is 3.62. The average molecular weight is 282 g/mol. The van der Waals surface area contributed by atoms with Crippen molar-refractivity contribution in [3.05, 3.63) is 59.8 Å². The average Bonchev–Trinajstić information content (AvgIpc) is 3.01. The van der Waals surface area contributed by atoms with Crippen molar-refractivity contribution in [1.29, 1.82) is 0 Å². The fraction of sp³-hybridized carbons (Fsp3) is 0.389. The Hall–Kier alpha value is -1.87. The second-order valence-corrected chi connectivity index (χ2v) is 6.00. The molecule has 1 atom stereocenters. The zero-order valence-electron chi connectivity index (χ0n) is 12.2. The number of benzene rings is 1. The third kappa shape index (κ3) is 2.66. The molecule has 0 bridgehead atoms. The van der Waals surface area contributed by atoms with E-state index in [-0.39, 0.29) is 5.41 Å². The summed E-state index contributed by atoms with van der Waals surface area (Å²) in [5, 5.41) is 10.9. The highest BCUT2D eigenvalue weighted by atomic mass is 16.3. The number of rotatable bonds is 4. The van der Waals surface area contributed by atoms with Gasteiger partial charge in [0.2, 0.25) is 0 Å². The maximum atomic E-state index is 10.9. The summed E-state index contributed by atoms with van der Waals surface area (Å²) in [6.45, 7) is 0. The predicted molar refractivity (Wildman–Crippen MR) is 84.9 cm³/mol. The van der Waals surface area contributed by atoms with Gasteiger partial charge in [-0.25, -0.2) is 4.98 Å². The Kier molecular flexibility index (Phi) is 3.93. The number of hydrogen-bond acceptors (Lipinski definition) is 3. The number of nitrogens with zero attached hydrogens (tertiary/aromatic N) is 1. The minimum atomic E-state index is -0.422. The first-order chi connectivity index (χ1) is 10.2. The predicted octanol–water partition coefficient (Wildman–Crippen LogP) is 3.08. The zero-order valence-corrected chi connectivity index (χ0v) is 12.2. The first-order valence-electron chi connectivity index (χ1n) is 7.65. The molecule has 0 saturated heterocycles. The Labute approximate surface area is 125 Å². The van der Waals surface area contributed by atoms with Crippen molar-refractivity contribution >= 4 is 5.82 Å². The second kappa shape index (κ2) is 5.86. The van der Waals surface area contributed by atoms with E-state index in [0.717, 1.165) is 18.4 Å². The van der Waals surface area contributed by atoms with Crippen LogP contribution in [0.15, 0.2) is 48.7 Å². The van der Waals surface area contributed by atoms with Crippen LogP contribution in [0.3, 0.4) is 0 Å². The number of aliphatic hydroxyl groups excluding tert-OH is 1. The monoisotopic (exact) mass is 282 g/mol. The van der Waals surface area contributed by atoms with Gasteiger partial charge in [-0.3, -0.25) is 0 Å². The lowest BCUT2D eigenvalue weighted by atomic mass is 9.72. The highest BCUT2D eigenvalue weighted by Gasteiger charge is 2.42. The molecule has 0 amide bonds. The summed E-state index contributed by atoms with van der Waals surface area (Å²) in [6.07, 6.45) is 6.26. The van der Waals surface area contributed by atoms with Crippen LogP contribution in [-0.2, 0) is 11.8 Å². The third-order valence-corrected chi connectivity index (χ3v) is 4.82. The number of nitrogens with two attached hydrogens (primary N) is 1. The van der Waals surface area contributed by atoms with E-state index in [9.17, 15) is 5.11 Å². The smallest absolute Gasteiger partial charge is 0.126 e. The van der Waals surface area contributed by atoms with Gasteiger partial charge in [-0.1, -0.05) is 49.2 Å². The van der Waals surface area contributed by atoms with Crippen LogP contribution in [0.4, 0.5) is 5.82 Å². The molecule has 3 nitrogen and oxygen atoms in total. The summed E-state index contributed by atoms with van der Waals surface area (Å²) in [7, 11) is 0. The van der Waals surface area contributed by atoms with Gasteiger partial charge in [0.1, 0.15) is 5.82 Å². The molecule has 1 saturated carbocycles. The summed E-state index contributed by atoms with van der Waals surface area (Å²) < 4.78 is 0. The van der Waals surface area contributed by atoms with Gasteiger partial charge >= 0.3 is 0 Å². The van der Waals surface area contributed by atoms with E-state index in [1.54, 1.807) is 6.20 Å². The van der Waals surface area contributed by atoms with Crippen LogP contribution in [0.25, 0.3) is 0 Å². The van der Waals surface area contributed by atoms with Gasteiger partial charge in [-0.05, 0) is 30.0 Å². The van der Waals surface area contributed by atoms with Gasteiger partial charge in [0.05, 0.1) is 6.10 Å². The fourth-order valence-corrected chi connectivity index (χ4v) is 3.62. The number of nitrogen functional groups attached to an aromatic ring is 1. The molecule has 21 heavy (non-hydrogen) atoms. The van der Waals surface area contributed by atoms with Gasteiger partial charge < -0.3 is 10.8 Å². The maximum Gasteiger partial charge on any atom is 0.126 e. The molecule has 0 radical (unpaired) electrons. The molecule has 1 fully saturated rings. The highest BCUT2D eigenvalue weighted by Crippen LogP contribution is 2.44. The topological polar surface area (TPSA) is 59.1 Å². The molecule has 1 aromatic heterocycles. The Morgan fingerprint density at radius 1 is 1.10 bits per heavy atom. The standard InChI is InChI=1S/C18H22N2O/c19-17-14(7-6-12-20-17)13-16(21)18(10-4-5-11-18)15-8-2-1-3-9-15/h1-3,6-9,12,16,21H,4-5,10-11,13H2,(H2,19,20). The van der Waals surface area contributed by atoms with Crippen LogP contribution in [0, 0.1) is 0 Å². The van der Waals surface area contributed by atoms with Crippen molar-refractivity contribution in [3.63, 3.8) is 0 Å². The van der Waals surface area contributed by atoms with Gasteiger partial charge in [-0.2, -0.15) is 0 Å². The maximum absolute atomic E-state index is 10.9. The molecule has 3 heteroatoms. The summed E-state index contributed by atoms with van der Waals surface area (Å²) in [4.78, 5) is 4.12. The molecule has 2 aromatic rings. The summed E-state index contributed by atoms with van der Waals surface area (Å²) in [6, 6.07) is 14.3. The number of hydrogen-bond donors (Lipinski definition) is 2. The summed E-state index contributed by atoms with van der Waals surface area (Å²) >= 11 is 0. The molecule has 0 spiro atoms. The van der Waals surface area contributed by atoms with E-state index in [1.807, 2.05) is 18.2 Å². The second-order valence-electron chi connectivity index (χ2n) is 6.00. The van der Waals surface area contributed by atoms with E-state index in [4.69, 9.17) is 5.73 Å². The van der Waals surface area contributed by atoms with Crippen LogP contribution < -0.4 is 5.73 Å². The first kappa shape index (κ1) is 14.1. The molecule has 3 N–H and O–H groups in total. The van der Waals surface area contributed by atoms with Crippen molar-refractivity contribution in [2.75, 3.05) is 5.73 Å². The molecule has 1 heterocycles. The molecule has 3 rings (SSSR count). The number of aliphatic hydroxyl groups is 1. The minimum Gasteiger partial charge on any atom is -0.392 e. The molecule has 1 unspecified atom stereocenters. The molecular weight excluding hydrogens is 260 g/mol. The van der Waals surface area contributed by atoms with E-state index in [0.29, 0.717) is 12.2 Å². The van der Waals surface area contributed by atoms with Crippen LogP contribution in [0.5, 0.6) is 0 Å². The van der Waals surface area contributed by atoms with Gasteiger partial charge in [0, 0.05) is 18.0 Å². The zero-order chi connectivity index (χ0) is 14.7. The van der Waals surface area contributed by atoms with Crippen molar-refractivity contribution in [2.24, 2.45) is 0 Å². The Morgan fingerprint density at radius 3 is 2.48 bits per heavy atom. The lowest BCUT2D eigenvalue weighted by Gasteiger charge is -2.35. The highest BCUT2D eigenvalue weighted by molar-refractivity contribution is 5.40. The molecule has 1 aliphatic rings. The first-order valence-corrected chi connectivity index (χ1v) is 7.65. The Morgan fingerprint density at radius 2 is 1.81 bits per heavy atom. The summed E-state index contributed by atoms with van der Waals surface area (Å²) in [5.41, 5.74) is 7.98. The normalized spacial score (nSPS) is 18.5. The van der Waals surface area contributed by atoms with E-state index in [1.165, 1.54) is 18.4 Å². The van der Waals surface area contributed by atoms with E-state index < -0.39 is 6.10 Å². The van der Waals surface area contributed by atoms with Gasteiger partial charge in [0.25, 0.3) is 0 Å². The van der Waals surface area contributed by atoms with Gasteiger partial charge in [-0.15, -0.1) is 0 Å². The van der Waals surface area contributed by atoms with Crippen LogP contribution in [0.1, 0.15) is 36.8 Å².